The monoisotopic (exact) mass is 558 g/mol. The van der Waals surface area contributed by atoms with Gasteiger partial charge in [-0.15, -0.1) is 10.2 Å². The molecule has 0 saturated heterocycles. The van der Waals surface area contributed by atoms with Crippen LogP contribution in [0.15, 0.2) is 48.8 Å². The van der Waals surface area contributed by atoms with Crippen LogP contribution in [0.2, 0.25) is 0 Å². The third-order valence-electron chi connectivity index (χ3n) is 6.71. The van der Waals surface area contributed by atoms with Crippen molar-refractivity contribution in [3.05, 3.63) is 76.6 Å². The van der Waals surface area contributed by atoms with Gasteiger partial charge in [-0.3, -0.25) is 4.79 Å². The van der Waals surface area contributed by atoms with E-state index in [-0.39, 0.29) is 42.0 Å². The number of fused-ring (bicyclic) bond motifs is 1. The number of anilines is 2. The van der Waals surface area contributed by atoms with Gasteiger partial charge in [-0.25, -0.2) is 4.98 Å². The summed E-state index contributed by atoms with van der Waals surface area (Å²) in [6, 6.07) is 14.4. The Morgan fingerprint density at radius 1 is 1.17 bits per heavy atom. The number of aromatic nitrogens is 4. The van der Waals surface area contributed by atoms with Crippen LogP contribution in [-0.2, 0) is 19.8 Å². The van der Waals surface area contributed by atoms with Gasteiger partial charge >= 0.3 is 6.18 Å². The molecule has 1 unspecified atom stereocenters. The average Bonchev–Trinajstić information content (AvgIpc) is 3.54. The summed E-state index contributed by atoms with van der Waals surface area (Å²) >= 11 is 0. The Labute approximate surface area is 231 Å². The summed E-state index contributed by atoms with van der Waals surface area (Å²) in [5.41, 5.74) is 0.660. The lowest BCUT2D eigenvalue weighted by Crippen LogP contribution is -2.22. The first kappa shape index (κ1) is 27.3. The van der Waals surface area contributed by atoms with Crippen LogP contribution >= 0.6 is 0 Å². The van der Waals surface area contributed by atoms with Crippen LogP contribution in [0.5, 0.6) is 0 Å². The minimum atomic E-state index is -4.75. The second kappa shape index (κ2) is 10.7. The molecule has 1 aliphatic heterocycles. The molecule has 5 rings (SSSR count). The molecule has 10 nitrogen and oxygen atoms in total. The van der Waals surface area contributed by atoms with Crippen LogP contribution in [0.1, 0.15) is 45.3 Å². The summed E-state index contributed by atoms with van der Waals surface area (Å²) in [5.74, 6) is 0.941. The van der Waals surface area contributed by atoms with E-state index in [1.54, 1.807) is 41.9 Å². The quantitative estimate of drug-likeness (QED) is 0.246. The Hall–Kier alpha value is -5.27. The van der Waals surface area contributed by atoms with Crippen molar-refractivity contribution in [2.75, 3.05) is 16.8 Å². The summed E-state index contributed by atoms with van der Waals surface area (Å²) in [6.45, 7) is -0.0859. The van der Waals surface area contributed by atoms with Crippen LogP contribution in [0, 0.1) is 22.7 Å². The van der Waals surface area contributed by atoms with Gasteiger partial charge in [0, 0.05) is 36.8 Å². The molecule has 0 spiro atoms. The van der Waals surface area contributed by atoms with E-state index in [0.717, 1.165) is 6.07 Å². The highest BCUT2D eigenvalue weighted by atomic mass is 19.4. The van der Waals surface area contributed by atoms with Crippen molar-refractivity contribution in [3.63, 3.8) is 0 Å². The molecule has 206 valence electrons. The molecule has 2 aromatic carbocycles. The largest absolute Gasteiger partial charge is 0.416 e. The number of carbonyl (C=O) groups is 1. The number of pyridine rings is 1. The molecule has 1 aliphatic rings. The van der Waals surface area contributed by atoms with Gasteiger partial charge in [0.2, 0.25) is 0 Å². The van der Waals surface area contributed by atoms with E-state index in [0.29, 0.717) is 40.2 Å². The minimum absolute atomic E-state index is 0.0423. The molecule has 0 bridgehead atoms. The Balaban J connectivity index is 1.67. The second-order valence-corrected chi connectivity index (χ2v) is 9.33. The van der Waals surface area contributed by atoms with Gasteiger partial charge in [0.05, 0.1) is 29.7 Å². The maximum atomic E-state index is 13.9. The molecule has 41 heavy (non-hydrogen) atoms. The van der Waals surface area contributed by atoms with Crippen LogP contribution < -0.4 is 10.2 Å². The minimum Gasteiger partial charge on any atom is -0.369 e. The Morgan fingerprint density at radius 2 is 1.98 bits per heavy atom. The zero-order valence-corrected chi connectivity index (χ0v) is 21.5. The third kappa shape index (κ3) is 5.18. The molecule has 4 aromatic rings. The standard InChI is InChI=1S/C28H21F3N8O2/c1-38-15-35-37-26(38)19-4-3-16(12-33)7-20(19)18-10-24(34-6-2-5-32)36-25(11-18)39-13-22-21(27(39)41)8-17(14-40)9-23(22)28(29,30)31/h3-4,7-11,14-15,27,41H,2,6,13H2,1H3,(H,34,36). The molecule has 13 heteroatoms. The van der Waals surface area contributed by atoms with Crippen molar-refractivity contribution in [2.45, 2.75) is 25.4 Å². The first-order valence-electron chi connectivity index (χ1n) is 12.3. The first-order chi connectivity index (χ1) is 19.6. The number of hydrogen-bond donors (Lipinski definition) is 2. The number of nitrogens with one attached hydrogen (secondary N) is 1. The smallest absolute Gasteiger partial charge is 0.369 e. The molecular weight excluding hydrogens is 537 g/mol. The van der Waals surface area contributed by atoms with E-state index in [1.807, 2.05) is 6.07 Å². The van der Waals surface area contributed by atoms with Crippen molar-refractivity contribution in [2.24, 2.45) is 7.05 Å². The number of carbonyl (C=O) groups excluding carboxylic acids is 1. The average molecular weight is 559 g/mol. The number of nitriles is 2. The molecule has 0 fully saturated rings. The van der Waals surface area contributed by atoms with Crippen LogP contribution in [-0.4, -0.2) is 37.7 Å². The van der Waals surface area contributed by atoms with Crippen molar-refractivity contribution < 1.29 is 23.1 Å². The lowest BCUT2D eigenvalue weighted by atomic mass is 9.97. The zero-order valence-electron chi connectivity index (χ0n) is 21.5. The number of alkyl halides is 3. The van der Waals surface area contributed by atoms with E-state index in [9.17, 15) is 28.3 Å². The third-order valence-corrected chi connectivity index (χ3v) is 6.71. The number of rotatable bonds is 7. The Morgan fingerprint density at radius 3 is 2.63 bits per heavy atom. The highest BCUT2D eigenvalue weighted by Gasteiger charge is 2.41. The van der Waals surface area contributed by atoms with Crippen molar-refractivity contribution in [1.82, 2.24) is 19.7 Å². The number of aliphatic hydroxyl groups is 1. The van der Waals surface area contributed by atoms with E-state index < -0.39 is 18.0 Å². The van der Waals surface area contributed by atoms with Gasteiger partial charge in [0.25, 0.3) is 0 Å². The second-order valence-electron chi connectivity index (χ2n) is 9.33. The molecule has 0 saturated carbocycles. The summed E-state index contributed by atoms with van der Waals surface area (Å²) < 4.78 is 43.4. The molecule has 1 atom stereocenters. The zero-order chi connectivity index (χ0) is 29.3. The number of aliphatic hydroxyl groups excluding tert-OH is 1. The van der Waals surface area contributed by atoms with Gasteiger partial charge in [0.1, 0.15) is 24.2 Å². The lowest BCUT2D eigenvalue weighted by Gasteiger charge is -2.24. The van der Waals surface area contributed by atoms with Crippen molar-refractivity contribution in [3.8, 4) is 34.7 Å². The summed E-state index contributed by atoms with van der Waals surface area (Å²) in [7, 11) is 1.76. The number of nitrogens with zero attached hydrogens (tertiary/aromatic N) is 7. The van der Waals surface area contributed by atoms with Crippen LogP contribution in [0.4, 0.5) is 24.8 Å². The number of aldehydes is 1. The first-order valence-corrected chi connectivity index (χ1v) is 12.3. The summed E-state index contributed by atoms with van der Waals surface area (Å²) in [4.78, 5) is 17.2. The maximum Gasteiger partial charge on any atom is 0.416 e. The van der Waals surface area contributed by atoms with E-state index >= 15 is 0 Å². The predicted octanol–water partition coefficient (Wildman–Crippen LogP) is 4.58. The number of hydrogen-bond acceptors (Lipinski definition) is 9. The van der Waals surface area contributed by atoms with Gasteiger partial charge in [-0.2, -0.15) is 23.7 Å². The number of benzene rings is 2. The van der Waals surface area contributed by atoms with Crippen LogP contribution in [0.25, 0.3) is 22.5 Å². The summed E-state index contributed by atoms with van der Waals surface area (Å²) in [6.07, 6.45) is -4.29. The Bertz CT molecular complexity index is 1740. The van der Waals surface area contributed by atoms with E-state index in [1.165, 1.54) is 17.3 Å². The molecule has 3 heterocycles. The highest BCUT2D eigenvalue weighted by Crippen LogP contribution is 2.44. The van der Waals surface area contributed by atoms with Gasteiger partial charge in [-0.1, -0.05) is 0 Å². The Kier molecular flexibility index (Phi) is 7.13. The predicted molar refractivity (Wildman–Crippen MR) is 141 cm³/mol. The molecule has 2 N–H and O–H groups in total. The molecule has 0 radical (unpaired) electrons. The lowest BCUT2D eigenvalue weighted by molar-refractivity contribution is -0.138. The molecular formula is C28H21F3N8O2. The van der Waals surface area contributed by atoms with E-state index in [4.69, 9.17) is 5.26 Å². The number of aryl methyl sites for hydroxylation is 1. The number of halogens is 3. The van der Waals surface area contributed by atoms with Gasteiger partial charge in [-0.05, 0) is 59.2 Å². The topological polar surface area (TPSA) is 144 Å². The van der Waals surface area contributed by atoms with Gasteiger partial charge < -0.3 is 19.9 Å². The molecule has 0 aliphatic carbocycles. The maximum absolute atomic E-state index is 13.9. The SMILES string of the molecule is Cn1cnnc1-c1ccc(C#N)cc1-c1cc(NCCC#N)nc(N2Cc3c(cc(C=O)cc3C(F)(F)F)C2O)c1. The van der Waals surface area contributed by atoms with Crippen molar-refractivity contribution in [1.29, 1.82) is 10.5 Å². The fourth-order valence-electron chi connectivity index (χ4n) is 4.81. The fraction of sp³-hybridized carbons (Fsp3) is 0.214. The van der Waals surface area contributed by atoms with Crippen LogP contribution in [0.3, 0.4) is 0 Å². The fourth-order valence-corrected chi connectivity index (χ4v) is 4.81. The highest BCUT2D eigenvalue weighted by molar-refractivity contribution is 5.84. The summed E-state index contributed by atoms with van der Waals surface area (Å²) in [5, 5.41) is 40.9. The van der Waals surface area contributed by atoms with Crippen molar-refractivity contribution >= 4 is 17.9 Å². The molecule has 0 amide bonds. The van der Waals surface area contributed by atoms with E-state index in [2.05, 4.69) is 26.6 Å². The molecule has 2 aromatic heterocycles. The van der Waals surface area contributed by atoms with Gasteiger partial charge in [0.15, 0.2) is 12.1 Å². The normalized spacial score (nSPS) is 14.3.